The Morgan fingerprint density at radius 2 is 1.76 bits per heavy atom. The molecule has 0 amide bonds. The second-order valence-electron chi connectivity index (χ2n) is 5.42. The smallest absolute Gasteiger partial charge is 0.00714 e. The molecule has 2 N–H and O–H groups in total. The summed E-state index contributed by atoms with van der Waals surface area (Å²) in [4.78, 5) is 0. The molecule has 1 aromatic rings. The molecule has 1 unspecified atom stereocenters. The van der Waals surface area contributed by atoms with Crippen LogP contribution in [0.15, 0.2) is 30.3 Å². The first kappa shape index (κ1) is 12.6. The van der Waals surface area contributed by atoms with Crippen molar-refractivity contribution in [3.8, 4) is 0 Å². The van der Waals surface area contributed by atoms with Crippen molar-refractivity contribution < 1.29 is 0 Å². The molecule has 94 valence electrons. The van der Waals surface area contributed by atoms with Crippen molar-refractivity contribution in [2.24, 2.45) is 11.7 Å². The quantitative estimate of drug-likeness (QED) is 0.811. The third kappa shape index (κ3) is 3.85. The van der Waals surface area contributed by atoms with Gasteiger partial charge < -0.3 is 5.73 Å². The van der Waals surface area contributed by atoms with Gasteiger partial charge >= 0.3 is 0 Å². The summed E-state index contributed by atoms with van der Waals surface area (Å²) in [6.45, 7) is 0.812. The van der Waals surface area contributed by atoms with E-state index in [1.165, 1.54) is 44.1 Å². The van der Waals surface area contributed by atoms with E-state index in [1.54, 1.807) is 0 Å². The molecule has 0 saturated heterocycles. The Balaban J connectivity index is 1.96. The molecular weight excluding hydrogens is 206 g/mol. The van der Waals surface area contributed by atoms with Crippen LogP contribution in [-0.4, -0.2) is 6.54 Å². The van der Waals surface area contributed by atoms with E-state index in [2.05, 4.69) is 30.3 Å². The summed E-state index contributed by atoms with van der Waals surface area (Å²) < 4.78 is 0. The van der Waals surface area contributed by atoms with Crippen LogP contribution in [0.1, 0.15) is 56.4 Å². The van der Waals surface area contributed by atoms with Crippen LogP contribution in [0.5, 0.6) is 0 Å². The molecular formula is C16H25N. The molecule has 1 saturated carbocycles. The second kappa shape index (κ2) is 6.80. The van der Waals surface area contributed by atoms with Crippen LogP contribution in [0.25, 0.3) is 0 Å². The Hall–Kier alpha value is -0.820. The van der Waals surface area contributed by atoms with Crippen LogP contribution >= 0.6 is 0 Å². The van der Waals surface area contributed by atoms with E-state index < -0.39 is 0 Å². The molecule has 1 fully saturated rings. The highest BCUT2D eigenvalue weighted by atomic mass is 14.5. The van der Waals surface area contributed by atoms with Gasteiger partial charge in [-0.25, -0.2) is 0 Å². The Morgan fingerprint density at radius 1 is 1.06 bits per heavy atom. The van der Waals surface area contributed by atoms with Crippen molar-refractivity contribution in [3.63, 3.8) is 0 Å². The fraction of sp³-hybridized carbons (Fsp3) is 0.625. The Kier molecular flexibility index (Phi) is 5.06. The zero-order valence-electron chi connectivity index (χ0n) is 10.8. The maximum absolute atomic E-state index is 5.77. The lowest BCUT2D eigenvalue weighted by molar-refractivity contribution is 0.313. The molecule has 0 bridgehead atoms. The first-order chi connectivity index (χ1) is 8.40. The normalized spacial score (nSPS) is 19.1. The summed E-state index contributed by atoms with van der Waals surface area (Å²) >= 11 is 0. The first-order valence-electron chi connectivity index (χ1n) is 7.15. The lowest BCUT2D eigenvalue weighted by Gasteiger charge is -2.26. The van der Waals surface area contributed by atoms with E-state index >= 15 is 0 Å². The van der Waals surface area contributed by atoms with E-state index in [4.69, 9.17) is 5.73 Å². The standard InChI is InChI=1S/C16H25N/c17-12-11-16(15-9-5-2-6-10-15)13-14-7-3-1-4-8-14/h2,5-6,9-10,14,16H,1,3-4,7-8,11-13,17H2. The minimum Gasteiger partial charge on any atom is -0.330 e. The molecule has 0 heterocycles. The zero-order chi connectivity index (χ0) is 11.9. The number of hydrogen-bond acceptors (Lipinski definition) is 1. The molecule has 1 heteroatoms. The summed E-state index contributed by atoms with van der Waals surface area (Å²) in [5.41, 5.74) is 7.26. The van der Waals surface area contributed by atoms with Gasteiger partial charge in [0.2, 0.25) is 0 Å². The summed E-state index contributed by atoms with van der Waals surface area (Å²) in [5.74, 6) is 1.63. The van der Waals surface area contributed by atoms with Crippen molar-refractivity contribution >= 4 is 0 Å². The average Bonchev–Trinajstić information content (AvgIpc) is 2.40. The van der Waals surface area contributed by atoms with Gasteiger partial charge in [0.25, 0.3) is 0 Å². The molecule has 17 heavy (non-hydrogen) atoms. The zero-order valence-corrected chi connectivity index (χ0v) is 10.8. The Labute approximate surface area is 105 Å². The topological polar surface area (TPSA) is 26.0 Å². The predicted octanol–water partition coefficient (Wildman–Crippen LogP) is 4.09. The van der Waals surface area contributed by atoms with Gasteiger partial charge in [-0.15, -0.1) is 0 Å². The number of benzene rings is 1. The number of nitrogens with two attached hydrogens (primary N) is 1. The van der Waals surface area contributed by atoms with E-state index in [1.807, 2.05) is 0 Å². The van der Waals surface area contributed by atoms with Gasteiger partial charge in [-0.1, -0.05) is 62.4 Å². The number of rotatable bonds is 5. The van der Waals surface area contributed by atoms with Gasteiger partial charge in [-0.05, 0) is 36.8 Å². The third-order valence-corrected chi connectivity index (χ3v) is 4.13. The van der Waals surface area contributed by atoms with Gasteiger partial charge in [0.15, 0.2) is 0 Å². The largest absolute Gasteiger partial charge is 0.330 e. The molecule has 2 rings (SSSR count). The fourth-order valence-corrected chi connectivity index (χ4v) is 3.17. The van der Waals surface area contributed by atoms with Crippen molar-refractivity contribution in [3.05, 3.63) is 35.9 Å². The SMILES string of the molecule is NCCC(CC1CCCCC1)c1ccccc1. The van der Waals surface area contributed by atoms with E-state index in [0.717, 1.165) is 18.9 Å². The molecule has 0 aliphatic heterocycles. The van der Waals surface area contributed by atoms with Crippen LogP contribution < -0.4 is 5.73 Å². The van der Waals surface area contributed by atoms with E-state index in [-0.39, 0.29) is 0 Å². The van der Waals surface area contributed by atoms with Crippen molar-refractivity contribution in [1.82, 2.24) is 0 Å². The van der Waals surface area contributed by atoms with Crippen LogP contribution in [0.4, 0.5) is 0 Å². The minimum absolute atomic E-state index is 0.685. The number of hydrogen-bond donors (Lipinski definition) is 1. The van der Waals surface area contributed by atoms with Crippen LogP contribution in [0, 0.1) is 5.92 Å². The maximum Gasteiger partial charge on any atom is -0.00714 e. The van der Waals surface area contributed by atoms with E-state index in [0.29, 0.717) is 5.92 Å². The molecule has 1 aliphatic rings. The summed E-state index contributed by atoms with van der Waals surface area (Å²) in [6.07, 6.45) is 9.69. The lowest BCUT2D eigenvalue weighted by atomic mass is 9.79. The van der Waals surface area contributed by atoms with Crippen molar-refractivity contribution in [2.45, 2.75) is 50.9 Å². The predicted molar refractivity (Wildman–Crippen MR) is 74.0 cm³/mol. The van der Waals surface area contributed by atoms with E-state index in [9.17, 15) is 0 Å². The molecule has 0 aromatic heterocycles. The summed E-state index contributed by atoms with van der Waals surface area (Å²) in [5, 5.41) is 0. The van der Waals surface area contributed by atoms with Gasteiger partial charge in [0.1, 0.15) is 0 Å². The third-order valence-electron chi connectivity index (χ3n) is 4.13. The summed E-state index contributed by atoms with van der Waals surface area (Å²) in [7, 11) is 0. The molecule has 1 aliphatic carbocycles. The molecule has 1 aromatic carbocycles. The van der Waals surface area contributed by atoms with Gasteiger partial charge in [0.05, 0.1) is 0 Å². The molecule has 0 spiro atoms. The summed E-state index contributed by atoms with van der Waals surface area (Å²) in [6, 6.07) is 10.9. The Bertz CT molecular complexity index is 301. The lowest BCUT2D eigenvalue weighted by Crippen LogP contribution is -2.14. The van der Waals surface area contributed by atoms with Gasteiger partial charge in [0, 0.05) is 0 Å². The highest BCUT2D eigenvalue weighted by Gasteiger charge is 2.19. The fourth-order valence-electron chi connectivity index (χ4n) is 3.17. The van der Waals surface area contributed by atoms with Gasteiger partial charge in [-0.3, -0.25) is 0 Å². The average molecular weight is 231 g/mol. The van der Waals surface area contributed by atoms with Crippen molar-refractivity contribution in [2.75, 3.05) is 6.54 Å². The van der Waals surface area contributed by atoms with Crippen LogP contribution in [-0.2, 0) is 0 Å². The monoisotopic (exact) mass is 231 g/mol. The maximum atomic E-state index is 5.77. The van der Waals surface area contributed by atoms with Crippen LogP contribution in [0.3, 0.4) is 0 Å². The molecule has 0 radical (unpaired) electrons. The molecule has 1 atom stereocenters. The second-order valence-corrected chi connectivity index (χ2v) is 5.42. The van der Waals surface area contributed by atoms with Crippen LogP contribution in [0.2, 0.25) is 0 Å². The highest BCUT2D eigenvalue weighted by Crippen LogP contribution is 2.34. The minimum atomic E-state index is 0.685. The highest BCUT2D eigenvalue weighted by molar-refractivity contribution is 5.19. The van der Waals surface area contributed by atoms with Crippen molar-refractivity contribution in [1.29, 1.82) is 0 Å². The first-order valence-corrected chi connectivity index (χ1v) is 7.15. The molecule has 1 nitrogen and oxygen atoms in total. The van der Waals surface area contributed by atoms with Gasteiger partial charge in [-0.2, -0.15) is 0 Å². The Morgan fingerprint density at radius 3 is 2.41 bits per heavy atom.